The Bertz CT molecular complexity index is 972. The summed E-state index contributed by atoms with van der Waals surface area (Å²) in [7, 11) is 0. The van der Waals surface area contributed by atoms with Crippen LogP contribution in [0.2, 0.25) is 0 Å². The minimum absolute atomic E-state index is 0.253. The molecule has 0 N–H and O–H groups in total. The van der Waals surface area contributed by atoms with Crippen LogP contribution in [0.15, 0.2) is 78.9 Å². The van der Waals surface area contributed by atoms with Gasteiger partial charge in [0.15, 0.2) is 5.78 Å². The van der Waals surface area contributed by atoms with E-state index in [4.69, 9.17) is 0 Å². The van der Waals surface area contributed by atoms with Crippen molar-refractivity contribution in [2.45, 2.75) is 0 Å². The highest BCUT2D eigenvalue weighted by Crippen LogP contribution is 2.23. The van der Waals surface area contributed by atoms with Gasteiger partial charge in [-0.05, 0) is 23.3 Å². The molecular formula is C22H15NO3. The lowest BCUT2D eigenvalue weighted by Gasteiger charge is -2.13. The molecule has 2 amide bonds. The summed E-state index contributed by atoms with van der Waals surface area (Å²) in [4.78, 5) is 38.3. The van der Waals surface area contributed by atoms with E-state index in [1.54, 1.807) is 36.4 Å². The fraction of sp³-hybridized carbons (Fsp3) is 0.0455. The molecule has 0 fully saturated rings. The third-order valence-corrected chi connectivity index (χ3v) is 4.49. The van der Waals surface area contributed by atoms with Crippen molar-refractivity contribution in [2.24, 2.45) is 0 Å². The van der Waals surface area contributed by atoms with E-state index in [2.05, 4.69) is 0 Å². The molecule has 0 atom stereocenters. The molecule has 26 heavy (non-hydrogen) atoms. The molecule has 0 aliphatic carbocycles. The van der Waals surface area contributed by atoms with Gasteiger partial charge >= 0.3 is 0 Å². The Morgan fingerprint density at radius 1 is 0.654 bits per heavy atom. The number of imide groups is 1. The molecule has 0 unspecified atom stereocenters. The van der Waals surface area contributed by atoms with Crippen LogP contribution < -0.4 is 0 Å². The van der Waals surface area contributed by atoms with Gasteiger partial charge in [-0.25, -0.2) is 0 Å². The van der Waals surface area contributed by atoms with Crippen LogP contribution in [0.5, 0.6) is 0 Å². The maximum Gasteiger partial charge on any atom is 0.261 e. The molecule has 0 saturated carbocycles. The van der Waals surface area contributed by atoms with Crippen LogP contribution >= 0.6 is 0 Å². The van der Waals surface area contributed by atoms with Crippen molar-refractivity contribution in [3.63, 3.8) is 0 Å². The van der Waals surface area contributed by atoms with Gasteiger partial charge in [0.25, 0.3) is 11.8 Å². The van der Waals surface area contributed by atoms with Crippen LogP contribution in [0, 0.1) is 0 Å². The summed E-state index contributed by atoms with van der Waals surface area (Å²) >= 11 is 0. The van der Waals surface area contributed by atoms with Crippen molar-refractivity contribution in [2.75, 3.05) is 6.54 Å². The predicted octanol–water partition coefficient (Wildman–Crippen LogP) is 3.83. The lowest BCUT2D eigenvalue weighted by molar-refractivity contribution is 0.0624. The normalized spacial score (nSPS) is 13.0. The Balaban J connectivity index is 1.53. The van der Waals surface area contributed by atoms with Crippen LogP contribution in [0.4, 0.5) is 0 Å². The van der Waals surface area contributed by atoms with E-state index in [-0.39, 0.29) is 12.3 Å². The molecule has 0 bridgehead atoms. The summed E-state index contributed by atoms with van der Waals surface area (Å²) < 4.78 is 0. The fourth-order valence-corrected chi connectivity index (χ4v) is 3.10. The highest BCUT2D eigenvalue weighted by molar-refractivity contribution is 6.23. The molecular weight excluding hydrogens is 326 g/mol. The number of rotatable bonds is 4. The number of Topliss-reactive ketones (excluding diaryl/α,β-unsaturated/α-hetero) is 1. The van der Waals surface area contributed by atoms with Crippen LogP contribution in [0.3, 0.4) is 0 Å². The molecule has 126 valence electrons. The van der Waals surface area contributed by atoms with Crippen molar-refractivity contribution in [3.8, 4) is 11.1 Å². The number of carbonyl (C=O) groups is 3. The monoisotopic (exact) mass is 341 g/mol. The SMILES string of the molecule is O=C(CN1C(=O)c2ccccc2C1=O)c1ccc(-c2ccccc2)cc1. The minimum atomic E-state index is -0.417. The first-order valence-corrected chi connectivity index (χ1v) is 8.29. The van der Waals surface area contributed by atoms with E-state index < -0.39 is 11.8 Å². The van der Waals surface area contributed by atoms with Crippen molar-refractivity contribution in [1.82, 2.24) is 4.90 Å². The van der Waals surface area contributed by atoms with Gasteiger partial charge in [0, 0.05) is 5.56 Å². The van der Waals surface area contributed by atoms with Gasteiger partial charge in [0.2, 0.25) is 0 Å². The number of benzene rings is 3. The van der Waals surface area contributed by atoms with Crippen LogP contribution in [-0.2, 0) is 0 Å². The second-order valence-electron chi connectivity index (χ2n) is 6.11. The molecule has 1 aliphatic heterocycles. The summed E-state index contributed by atoms with van der Waals surface area (Å²) in [5.74, 6) is -1.10. The van der Waals surface area contributed by atoms with E-state index >= 15 is 0 Å². The predicted molar refractivity (Wildman–Crippen MR) is 98.0 cm³/mol. The number of ketones is 1. The quantitative estimate of drug-likeness (QED) is 0.535. The van der Waals surface area contributed by atoms with Gasteiger partial charge in [-0.3, -0.25) is 19.3 Å². The van der Waals surface area contributed by atoms with Crippen LogP contribution in [0.25, 0.3) is 11.1 Å². The zero-order chi connectivity index (χ0) is 18.1. The Hall–Kier alpha value is -3.53. The average Bonchev–Trinajstić information content (AvgIpc) is 2.94. The Kier molecular flexibility index (Phi) is 3.93. The number of nitrogens with zero attached hydrogens (tertiary/aromatic N) is 1. The lowest BCUT2D eigenvalue weighted by Crippen LogP contribution is -2.34. The zero-order valence-electron chi connectivity index (χ0n) is 13.9. The van der Waals surface area contributed by atoms with Gasteiger partial charge in [0.1, 0.15) is 0 Å². The molecule has 0 spiro atoms. The van der Waals surface area contributed by atoms with Gasteiger partial charge in [-0.15, -0.1) is 0 Å². The van der Waals surface area contributed by atoms with E-state index in [9.17, 15) is 14.4 Å². The van der Waals surface area contributed by atoms with E-state index in [0.29, 0.717) is 16.7 Å². The van der Waals surface area contributed by atoms with Gasteiger partial charge < -0.3 is 0 Å². The summed E-state index contributed by atoms with van der Waals surface area (Å²) in [5, 5.41) is 0. The first kappa shape index (κ1) is 16.0. The van der Waals surface area contributed by atoms with Crippen LogP contribution in [0.1, 0.15) is 31.1 Å². The number of hydrogen-bond donors (Lipinski definition) is 0. The number of amides is 2. The van der Waals surface area contributed by atoms with Crippen molar-refractivity contribution >= 4 is 17.6 Å². The molecule has 4 heteroatoms. The molecule has 0 saturated heterocycles. The van der Waals surface area contributed by atoms with E-state index in [1.807, 2.05) is 42.5 Å². The van der Waals surface area contributed by atoms with Crippen LogP contribution in [-0.4, -0.2) is 29.0 Å². The Morgan fingerprint density at radius 2 is 1.15 bits per heavy atom. The molecule has 1 heterocycles. The third kappa shape index (κ3) is 2.71. The molecule has 1 aliphatic rings. The zero-order valence-corrected chi connectivity index (χ0v) is 13.9. The molecule has 0 aromatic heterocycles. The number of fused-ring (bicyclic) bond motifs is 1. The number of hydrogen-bond acceptors (Lipinski definition) is 3. The Morgan fingerprint density at radius 3 is 1.73 bits per heavy atom. The molecule has 0 radical (unpaired) electrons. The van der Waals surface area contributed by atoms with Gasteiger partial charge in [-0.1, -0.05) is 66.7 Å². The maximum atomic E-state index is 12.5. The summed E-state index contributed by atoms with van der Waals surface area (Å²) in [6, 6.07) is 23.7. The van der Waals surface area contributed by atoms with E-state index in [1.165, 1.54) is 0 Å². The fourth-order valence-electron chi connectivity index (χ4n) is 3.10. The largest absolute Gasteiger partial charge is 0.292 e. The third-order valence-electron chi connectivity index (χ3n) is 4.49. The van der Waals surface area contributed by atoms with Gasteiger partial charge in [-0.2, -0.15) is 0 Å². The van der Waals surface area contributed by atoms with Gasteiger partial charge in [0.05, 0.1) is 17.7 Å². The second-order valence-corrected chi connectivity index (χ2v) is 6.11. The molecule has 4 nitrogen and oxygen atoms in total. The average molecular weight is 341 g/mol. The first-order valence-electron chi connectivity index (χ1n) is 8.29. The maximum absolute atomic E-state index is 12.5. The minimum Gasteiger partial charge on any atom is -0.292 e. The smallest absolute Gasteiger partial charge is 0.261 e. The standard InChI is InChI=1S/C22H15NO3/c24-20(14-23-21(25)18-8-4-5-9-19(18)22(23)26)17-12-10-16(11-13-17)15-6-2-1-3-7-15/h1-13H,14H2. The van der Waals surface area contributed by atoms with E-state index in [0.717, 1.165) is 16.0 Å². The van der Waals surface area contributed by atoms with Crippen molar-refractivity contribution in [3.05, 3.63) is 95.6 Å². The van der Waals surface area contributed by atoms with Crippen molar-refractivity contribution in [1.29, 1.82) is 0 Å². The summed E-state index contributed by atoms with van der Waals surface area (Å²) in [6.45, 7) is -0.253. The Labute approximate surface area is 150 Å². The highest BCUT2D eigenvalue weighted by Gasteiger charge is 2.36. The molecule has 3 aromatic carbocycles. The number of carbonyl (C=O) groups excluding carboxylic acids is 3. The molecule has 4 rings (SSSR count). The topological polar surface area (TPSA) is 54.5 Å². The summed E-state index contributed by atoms with van der Waals surface area (Å²) in [6.07, 6.45) is 0. The second kappa shape index (κ2) is 6.41. The lowest BCUT2D eigenvalue weighted by atomic mass is 10.0. The summed E-state index contributed by atoms with van der Waals surface area (Å²) in [5.41, 5.74) is 3.24. The molecule has 3 aromatic rings. The first-order chi connectivity index (χ1) is 12.6. The highest BCUT2D eigenvalue weighted by atomic mass is 16.2. The van der Waals surface area contributed by atoms with Crippen molar-refractivity contribution < 1.29 is 14.4 Å².